The second-order valence-corrected chi connectivity index (χ2v) is 9.25. The average molecular weight is 312 g/mol. The molecule has 23 heavy (non-hydrogen) atoms. The minimum Gasteiger partial charge on any atom is -0.501 e. The Morgan fingerprint density at radius 2 is 2.00 bits per heavy atom. The van der Waals surface area contributed by atoms with Gasteiger partial charge >= 0.3 is 0 Å². The van der Waals surface area contributed by atoms with Gasteiger partial charge in [-0.05, 0) is 72.8 Å². The summed E-state index contributed by atoms with van der Waals surface area (Å²) in [4.78, 5) is 12.8. The SMILES string of the molecule is COC1=CC2=CCC3C(CCC4(C)C(=O)C5CC5C34)C2(C)CC1. The summed E-state index contributed by atoms with van der Waals surface area (Å²) in [5.74, 6) is 5.10. The number of hydrogen-bond acceptors (Lipinski definition) is 2. The number of carbonyl (C=O) groups is 1. The molecule has 5 aliphatic carbocycles. The summed E-state index contributed by atoms with van der Waals surface area (Å²) in [6.07, 6.45) is 11.8. The quantitative estimate of drug-likeness (QED) is 0.712. The highest BCUT2D eigenvalue weighted by molar-refractivity contribution is 5.92. The Balaban J connectivity index is 1.54. The van der Waals surface area contributed by atoms with Crippen LogP contribution in [0, 0.1) is 40.4 Å². The lowest BCUT2D eigenvalue weighted by Crippen LogP contribution is -2.50. The maximum Gasteiger partial charge on any atom is 0.142 e. The number of methoxy groups -OCH3 is 1. The minimum atomic E-state index is 0.0125. The summed E-state index contributed by atoms with van der Waals surface area (Å²) in [5, 5.41) is 0. The largest absolute Gasteiger partial charge is 0.501 e. The van der Waals surface area contributed by atoms with Gasteiger partial charge in [0.1, 0.15) is 5.78 Å². The van der Waals surface area contributed by atoms with Gasteiger partial charge in [0, 0.05) is 17.8 Å². The molecule has 0 aliphatic heterocycles. The second-order valence-electron chi connectivity index (χ2n) is 9.25. The highest BCUT2D eigenvalue weighted by Gasteiger charge is 2.69. The lowest BCUT2D eigenvalue weighted by atomic mass is 9.48. The van der Waals surface area contributed by atoms with E-state index in [4.69, 9.17) is 4.74 Å². The van der Waals surface area contributed by atoms with E-state index in [-0.39, 0.29) is 5.41 Å². The molecule has 0 aromatic heterocycles. The van der Waals surface area contributed by atoms with Crippen LogP contribution >= 0.6 is 0 Å². The third-order valence-electron chi connectivity index (χ3n) is 8.45. The number of rotatable bonds is 1. The van der Waals surface area contributed by atoms with Gasteiger partial charge in [0.25, 0.3) is 0 Å². The van der Waals surface area contributed by atoms with Crippen molar-refractivity contribution in [2.75, 3.05) is 7.11 Å². The molecule has 2 nitrogen and oxygen atoms in total. The first-order valence-corrected chi connectivity index (χ1v) is 9.48. The summed E-state index contributed by atoms with van der Waals surface area (Å²) in [5.41, 5.74) is 1.84. The number of ether oxygens (including phenoxy) is 1. The van der Waals surface area contributed by atoms with Crippen LogP contribution in [0.15, 0.2) is 23.5 Å². The molecule has 0 saturated heterocycles. The van der Waals surface area contributed by atoms with Crippen LogP contribution in [0.3, 0.4) is 0 Å². The van der Waals surface area contributed by atoms with Gasteiger partial charge in [0.2, 0.25) is 0 Å². The molecular formula is C21H28O2. The molecular weight excluding hydrogens is 284 g/mol. The number of ketones is 1. The van der Waals surface area contributed by atoms with Crippen LogP contribution in [0.2, 0.25) is 0 Å². The van der Waals surface area contributed by atoms with Crippen LogP contribution in [0.5, 0.6) is 0 Å². The lowest BCUT2D eigenvalue weighted by Gasteiger charge is -2.56. The molecule has 0 aromatic rings. The van der Waals surface area contributed by atoms with E-state index in [0.29, 0.717) is 23.0 Å². The predicted molar refractivity (Wildman–Crippen MR) is 89.5 cm³/mol. The van der Waals surface area contributed by atoms with E-state index in [0.717, 1.165) is 36.4 Å². The lowest BCUT2D eigenvalue weighted by molar-refractivity contribution is -0.135. The van der Waals surface area contributed by atoms with Crippen molar-refractivity contribution in [1.29, 1.82) is 0 Å². The van der Waals surface area contributed by atoms with Gasteiger partial charge in [-0.2, -0.15) is 0 Å². The zero-order chi connectivity index (χ0) is 16.0. The average Bonchev–Trinajstić information content (AvgIpc) is 3.28. The zero-order valence-corrected chi connectivity index (χ0v) is 14.6. The fourth-order valence-corrected chi connectivity index (χ4v) is 7.13. The van der Waals surface area contributed by atoms with Crippen molar-refractivity contribution in [2.24, 2.45) is 40.4 Å². The van der Waals surface area contributed by atoms with E-state index in [1.807, 2.05) is 0 Å². The number of Topliss-reactive ketones (excluding diaryl/α,β-unsaturated/α-hetero) is 1. The fraction of sp³-hybridized carbons (Fsp3) is 0.762. The molecule has 0 bridgehead atoms. The van der Waals surface area contributed by atoms with Crippen molar-refractivity contribution in [3.05, 3.63) is 23.5 Å². The molecule has 7 unspecified atom stereocenters. The van der Waals surface area contributed by atoms with Crippen molar-refractivity contribution < 1.29 is 9.53 Å². The Labute approximate surface area is 139 Å². The monoisotopic (exact) mass is 312 g/mol. The van der Waals surface area contributed by atoms with E-state index in [2.05, 4.69) is 26.0 Å². The van der Waals surface area contributed by atoms with Gasteiger partial charge in [-0.15, -0.1) is 0 Å². The molecule has 124 valence electrons. The molecule has 2 heteroatoms. The molecule has 0 aromatic carbocycles. The fourth-order valence-electron chi connectivity index (χ4n) is 7.13. The van der Waals surface area contributed by atoms with Crippen LogP contribution in [0.1, 0.15) is 52.4 Å². The minimum absolute atomic E-state index is 0.0125. The summed E-state index contributed by atoms with van der Waals surface area (Å²) in [7, 11) is 1.80. The van der Waals surface area contributed by atoms with Crippen molar-refractivity contribution in [1.82, 2.24) is 0 Å². The van der Waals surface area contributed by atoms with Crippen LogP contribution in [-0.2, 0) is 9.53 Å². The van der Waals surface area contributed by atoms with E-state index in [9.17, 15) is 4.79 Å². The van der Waals surface area contributed by atoms with Crippen molar-refractivity contribution in [3.63, 3.8) is 0 Å². The van der Waals surface area contributed by atoms with Gasteiger partial charge in [-0.1, -0.05) is 19.9 Å². The smallest absolute Gasteiger partial charge is 0.142 e. The van der Waals surface area contributed by atoms with Crippen LogP contribution in [-0.4, -0.2) is 12.9 Å². The Morgan fingerprint density at radius 3 is 2.78 bits per heavy atom. The van der Waals surface area contributed by atoms with E-state index in [1.54, 1.807) is 7.11 Å². The number of hydrogen-bond donors (Lipinski definition) is 0. The number of fused-ring (bicyclic) bond motifs is 7. The molecule has 0 N–H and O–H groups in total. The summed E-state index contributed by atoms with van der Waals surface area (Å²) >= 11 is 0. The van der Waals surface area contributed by atoms with Crippen molar-refractivity contribution in [3.8, 4) is 0 Å². The molecule has 3 fully saturated rings. The molecule has 0 heterocycles. The highest BCUT2D eigenvalue weighted by Crippen LogP contribution is 2.71. The molecule has 0 radical (unpaired) electrons. The molecule has 7 atom stereocenters. The first-order valence-electron chi connectivity index (χ1n) is 9.48. The third-order valence-corrected chi connectivity index (χ3v) is 8.45. The number of allylic oxidation sites excluding steroid dienone is 4. The van der Waals surface area contributed by atoms with Crippen molar-refractivity contribution >= 4 is 5.78 Å². The summed E-state index contributed by atoms with van der Waals surface area (Å²) in [6, 6.07) is 0. The van der Waals surface area contributed by atoms with Gasteiger partial charge < -0.3 is 4.74 Å². The first-order chi connectivity index (χ1) is 11.0. The van der Waals surface area contributed by atoms with Gasteiger partial charge in [0.05, 0.1) is 12.9 Å². The first kappa shape index (κ1) is 14.3. The van der Waals surface area contributed by atoms with Gasteiger partial charge in [0.15, 0.2) is 0 Å². The maximum absolute atomic E-state index is 12.8. The Bertz CT molecular complexity index is 644. The molecule has 0 amide bonds. The molecule has 5 rings (SSSR count). The Kier molecular flexibility index (Phi) is 2.69. The topological polar surface area (TPSA) is 26.3 Å². The van der Waals surface area contributed by atoms with Crippen molar-refractivity contribution in [2.45, 2.75) is 52.4 Å². The third kappa shape index (κ3) is 1.63. The van der Waals surface area contributed by atoms with E-state index < -0.39 is 0 Å². The van der Waals surface area contributed by atoms with Crippen LogP contribution < -0.4 is 0 Å². The highest BCUT2D eigenvalue weighted by atomic mass is 16.5. The Morgan fingerprint density at radius 1 is 1.17 bits per heavy atom. The maximum atomic E-state index is 12.8. The second kappa shape index (κ2) is 4.32. The summed E-state index contributed by atoms with van der Waals surface area (Å²) in [6.45, 7) is 4.79. The normalized spacial score (nSPS) is 53.3. The predicted octanol–water partition coefficient (Wildman–Crippen LogP) is 4.51. The van der Waals surface area contributed by atoms with Gasteiger partial charge in [-0.25, -0.2) is 0 Å². The molecule has 5 aliphatic rings. The zero-order valence-electron chi connectivity index (χ0n) is 14.6. The van der Waals surface area contributed by atoms with Crippen LogP contribution in [0.4, 0.5) is 0 Å². The Hall–Kier alpha value is -1.05. The van der Waals surface area contributed by atoms with E-state index >= 15 is 0 Å². The van der Waals surface area contributed by atoms with E-state index in [1.165, 1.54) is 31.3 Å². The van der Waals surface area contributed by atoms with Crippen LogP contribution in [0.25, 0.3) is 0 Å². The number of carbonyl (C=O) groups excluding carboxylic acids is 1. The standard InChI is InChI=1S/C21H28O2/c1-20-8-6-13(23-3)10-12(20)4-5-14-17(20)7-9-21(2)18(14)15-11-16(15)19(21)22/h4,10,14-18H,5-9,11H2,1-3H3. The molecule has 0 spiro atoms. The van der Waals surface area contributed by atoms with Gasteiger partial charge in [-0.3, -0.25) is 4.79 Å². The summed E-state index contributed by atoms with van der Waals surface area (Å²) < 4.78 is 5.52. The molecule has 3 saturated carbocycles.